The number of hydrogen-bond acceptors (Lipinski definition) is 2. The van der Waals surface area contributed by atoms with Crippen molar-refractivity contribution in [1.29, 1.82) is 0 Å². The fourth-order valence-electron chi connectivity index (χ4n) is 0.878. The highest BCUT2D eigenvalue weighted by atomic mass is 32.2. The molecule has 0 aliphatic heterocycles. The number of nitrogens with two attached hydrogens (primary N) is 1. The number of carbonyl (C=O) groups excluding carboxylic acids is 1. The van der Waals surface area contributed by atoms with Gasteiger partial charge in [-0.05, 0) is 12.5 Å². The summed E-state index contributed by atoms with van der Waals surface area (Å²) in [5, 5.41) is -0.111. The molecule has 0 spiro atoms. The molecule has 1 amide bonds. The van der Waals surface area contributed by atoms with E-state index in [2.05, 4.69) is 0 Å². The highest BCUT2D eigenvalue weighted by molar-refractivity contribution is 7.99. The second kappa shape index (κ2) is 4.92. The summed E-state index contributed by atoms with van der Waals surface area (Å²) in [6.45, 7) is 1.83. The zero-order valence-corrected chi connectivity index (χ0v) is 8.38. The molecule has 2 nitrogen and oxygen atoms in total. The van der Waals surface area contributed by atoms with Crippen molar-refractivity contribution in [2.75, 3.05) is 0 Å². The number of primary amides is 1. The van der Waals surface area contributed by atoms with Gasteiger partial charge in [-0.15, -0.1) is 11.8 Å². The van der Waals surface area contributed by atoms with Crippen molar-refractivity contribution in [2.24, 2.45) is 5.73 Å². The van der Waals surface area contributed by atoms with Crippen LogP contribution in [0.3, 0.4) is 0 Å². The largest absolute Gasteiger partial charge is 0.369 e. The van der Waals surface area contributed by atoms with Crippen LogP contribution in [0.15, 0.2) is 30.3 Å². The highest BCUT2D eigenvalue weighted by Gasteiger charge is 2.08. The van der Waals surface area contributed by atoms with Gasteiger partial charge in [0.15, 0.2) is 0 Å². The van der Waals surface area contributed by atoms with Crippen molar-refractivity contribution in [1.82, 2.24) is 0 Å². The van der Waals surface area contributed by atoms with Crippen LogP contribution in [0.4, 0.5) is 0 Å². The van der Waals surface area contributed by atoms with Gasteiger partial charge in [-0.3, -0.25) is 4.79 Å². The Labute approximate surface area is 82.5 Å². The zero-order chi connectivity index (χ0) is 9.68. The van der Waals surface area contributed by atoms with E-state index < -0.39 is 0 Å². The van der Waals surface area contributed by atoms with E-state index >= 15 is 0 Å². The van der Waals surface area contributed by atoms with Crippen molar-refractivity contribution >= 4 is 17.7 Å². The first-order valence-electron chi connectivity index (χ1n) is 4.15. The van der Waals surface area contributed by atoms with Crippen molar-refractivity contribution in [3.8, 4) is 0 Å². The molecule has 0 fully saturated rings. The Bertz CT molecular complexity index is 274. The Morgan fingerprint density at radius 3 is 2.62 bits per heavy atom. The average molecular weight is 195 g/mol. The SMILES string of the molecule is C[C@@H](SCc1ccccc1)C(N)=O. The van der Waals surface area contributed by atoms with Crippen molar-refractivity contribution in [2.45, 2.75) is 17.9 Å². The Kier molecular flexibility index (Phi) is 3.83. The summed E-state index contributed by atoms with van der Waals surface area (Å²) >= 11 is 1.56. The molecule has 1 aromatic carbocycles. The third-order valence-corrected chi connectivity index (χ3v) is 2.98. The van der Waals surface area contributed by atoms with Crippen LogP contribution in [-0.4, -0.2) is 11.2 Å². The molecule has 1 aromatic rings. The molecular weight excluding hydrogens is 182 g/mol. The van der Waals surface area contributed by atoms with E-state index in [1.54, 1.807) is 11.8 Å². The van der Waals surface area contributed by atoms with Gasteiger partial charge in [0.05, 0.1) is 5.25 Å². The van der Waals surface area contributed by atoms with Gasteiger partial charge in [0.2, 0.25) is 5.91 Å². The molecular formula is C10H13NOS. The number of rotatable bonds is 4. The molecule has 0 unspecified atom stereocenters. The number of amides is 1. The standard InChI is InChI=1S/C10H13NOS/c1-8(10(11)12)13-7-9-5-3-2-4-6-9/h2-6,8H,7H2,1H3,(H2,11,12)/t8-/m1/s1. The fourth-order valence-corrected chi connectivity index (χ4v) is 1.68. The van der Waals surface area contributed by atoms with Crippen LogP contribution in [0, 0.1) is 0 Å². The molecule has 0 radical (unpaired) electrons. The molecule has 70 valence electrons. The van der Waals surface area contributed by atoms with Gasteiger partial charge in [0.25, 0.3) is 0 Å². The topological polar surface area (TPSA) is 43.1 Å². The molecule has 0 aromatic heterocycles. The summed E-state index contributed by atoms with van der Waals surface area (Å²) in [6.07, 6.45) is 0. The van der Waals surface area contributed by atoms with Crippen molar-refractivity contribution in [3.05, 3.63) is 35.9 Å². The fraction of sp³-hybridized carbons (Fsp3) is 0.300. The number of carbonyl (C=O) groups is 1. The van der Waals surface area contributed by atoms with Crippen LogP contribution >= 0.6 is 11.8 Å². The third kappa shape index (κ3) is 3.51. The van der Waals surface area contributed by atoms with E-state index in [0.29, 0.717) is 0 Å². The normalized spacial score (nSPS) is 12.4. The lowest BCUT2D eigenvalue weighted by Gasteiger charge is -2.06. The van der Waals surface area contributed by atoms with Crippen LogP contribution < -0.4 is 5.73 Å². The van der Waals surface area contributed by atoms with Gasteiger partial charge in [0, 0.05) is 5.75 Å². The Hall–Kier alpha value is -0.960. The Morgan fingerprint density at radius 2 is 2.08 bits per heavy atom. The van der Waals surface area contributed by atoms with Crippen molar-refractivity contribution in [3.63, 3.8) is 0 Å². The lowest BCUT2D eigenvalue weighted by Crippen LogP contribution is -2.22. The molecule has 0 bridgehead atoms. The minimum atomic E-state index is -0.249. The van der Waals surface area contributed by atoms with Crippen molar-refractivity contribution < 1.29 is 4.79 Å². The maximum absolute atomic E-state index is 10.7. The van der Waals surface area contributed by atoms with Crippen LogP contribution in [0.25, 0.3) is 0 Å². The second-order valence-electron chi connectivity index (χ2n) is 2.84. The molecule has 2 N–H and O–H groups in total. The molecule has 0 saturated heterocycles. The average Bonchev–Trinajstić information content (AvgIpc) is 2.15. The highest BCUT2D eigenvalue weighted by Crippen LogP contribution is 2.16. The maximum Gasteiger partial charge on any atom is 0.230 e. The first-order chi connectivity index (χ1) is 6.20. The van der Waals surface area contributed by atoms with E-state index in [9.17, 15) is 4.79 Å². The van der Waals surface area contributed by atoms with E-state index in [0.717, 1.165) is 5.75 Å². The molecule has 0 saturated carbocycles. The smallest absolute Gasteiger partial charge is 0.230 e. The summed E-state index contributed by atoms with van der Waals surface area (Å²) in [4.78, 5) is 10.7. The third-order valence-electron chi connectivity index (χ3n) is 1.74. The van der Waals surface area contributed by atoms with E-state index in [4.69, 9.17) is 5.73 Å². The summed E-state index contributed by atoms with van der Waals surface area (Å²) in [6, 6.07) is 10.0. The molecule has 1 atom stereocenters. The monoisotopic (exact) mass is 195 g/mol. The molecule has 1 rings (SSSR count). The van der Waals surface area contributed by atoms with E-state index in [1.807, 2.05) is 37.3 Å². The molecule has 3 heteroatoms. The van der Waals surface area contributed by atoms with Gasteiger partial charge in [-0.1, -0.05) is 30.3 Å². The summed E-state index contributed by atoms with van der Waals surface area (Å²) < 4.78 is 0. The summed E-state index contributed by atoms with van der Waals surface area (Å²) in [7, 11) is 0. The molecule has 0 aliphatic rings. The lowest BCUT2D eigenvalue weighted by atomic mass is 10.2. The first-order valence-corrected chi connectivity index (χ1v) is 5.20. The van der Waals surface area contributed by atoms with Crippen LogP contribution in [0.5, 0.6) is 0 Å². The number of thioether (sulfide) groups is 1. The van der Waals surface area contributed by atoms with Crippen LogP contribution in [0.1, 0.15) is 12.5 Å². The summed E-state index contributed by atoms with van der Waals surface area (Å²) in [5.41, 5.74) is 6.36. The predicted molar refractivity (Wildman–Crippen MR) is 56.4 cm³/mol. The Morgan fingerprint density at radius 1 is 1.46 bits per heavy atom. The molecule has 0 aliphatic carbocycles. The zero-order valence-electron chi connectivity index (χ0n) is 7.57. The summed E-state index contributed by atoms with van der Waals surface area (Å²) in [5.74, 6) is 0.589. The first kappa shape index (κ1) is 10.1. The van der Waals surface area contributed by atoms with Crippen LogP contribution in [0.2, 0.25) is 0 Å². The molecule has 0 heterocycles. The van der Waals surface area contributed by atoms with Crippen LogP contribution in [-0.2, 0) is 10.5 Å². The van der Waals surface area contributed by atoms with E-state index in [-0.39, 0.29) is 11.2 Å². The predicted octanol–water partition coefficient (Wildman–Crippen LogP) is 1.79. The number of hydrogen-bond donors (Lipinski definition) is 1. The minimum absolute atomic E-state index is 0.111. The van der Waals surface area contributed by atoms with Gasteiger partial charge in [-0.2, -0.15) is 0 Å². The minimum Gasteiger partial charge on any atom is -0.369 e. The Balaban J connectivity index is 2.39. The van der Waals surface area contributed by atoms with Gasteiger partial charge in [-0.25, -0.2) is 0 Å². The van der Waals surface area contributed by atoms with Gasteiger partial charge < -0.3 is 5.73 Å². The quantitative estimate of drug-likeness (QED) is 0.796. The van der Waals surface area contributed by atoms with Gasteiger partial charge in [0.1, 0.15) is 0 Å². The van der Waals surface area contributed by atoms with E-state index in [1.165, 1.54) is 5.56 Å². The molecule has 13 heavy (non-hydrogen) atoms. The lowest BCUT2D eigenvalue weighted by molar-refractivity contribution is -0.117. The second-order valence-corrected chi connectivity index (χ2v) is 4.17. The maximum atomic E-state index is 10.7. The van der Waals surface area contributed by atoms with Gasteiger partial charge >= 0.3 is 0 Å². The number of benzene rings is 1.